The maximum Gasteiger partial charge on any atom is 0.246 e. The molecule has 0 radical (unpaired) electrons. The van der Waals surface area contributed by atoms with Crippen molar-refractivity contribution in [2.45, 2.75) is 4.90 Å². The zero-order chi connectivity index (χ0) is 18.7. The molecule has 1 aliphatic rings. The van der Waals surface area contributed by atoms with Crippen molar-refractivity contribution in [3.63, 3.8) is 0 Å². The molecule has 0 aliphatic carbocycles. The van der Waals surface area contributed by atoms with Gasteiger partial charge in [-0.15, -0.1) is 11.3 Å². The van der Waals surface area contributed by atoms with Crippen LogP contribution in [0.5, 0.6) is 0 Å². The molecule has 0 N–H and O–H groups in total. The van der Waals surface area contributed by atoms with Gasteiger partial charge in [0.25, 0.3) is 0 Å². The molecule has 1 saturated heterocycles. The highest BCUT2D eigenvalue weighted by atomic mass is 79.9. The number of hydrogen-bond acceptors (Lipinski definition) is 4. The molecule has 0 atom stereocenters. The Hall–Kier alpha value is -1.19. The average Bonchev–Trinajstić information content (AvgIpc) is 3.05. The van der Waals surface area contributed by atoms with Crippen LogP contribution in [0.25, 0.3) is 6.08 Å². The van der Waals surface area contributed by atoms with Gasteiger partial charge in [-0.1, -0.05) is 23.7 Å². The highest BCUT2D eigenvalue weighted by Crippen LogP contribution is 2.25. The van der Waals surface area contributed by atoms with E-state index in [4.69, 9.17) is 11.6 Å². The van der Waals surface area contributed by atoms with Gasteiger partial charge < -0.3 is 4.90 Å². The summed E-state index contributed by atoms with van der Waals surface area (Å²) in [5.41, 5.74) is 0. The smallest absolute Gasteiger partial charge is 0.246 e. The Bertz CT molecular complexity index is 935. The molecule has 9 heteroatoms. The van der Waals surface area contributed by atoms with E-state index in [0.29, 0.717) is 13.1 Å². The molecule has 1 aromatic heterocycles. The van der Waals surface area contributed by atoms with Crippen LogP contribution < -0.4 is 0 Å². The second kappa shape index (κ2) is 8.22. The topological polar surface area (TPSA) is 57.7 Å². The van der Waals surface area contributed by atoms with E-state index >= 15 is 0 Å². The lowest BCUT2D eigenvalue weighted by molar-refractivity contribution is -0.127. The maximum atomic E-state index is 12.7. The number of benzene rings is 1. The summed E-state index contributed by atoms with van der Waals surface area (Å²) >= 11 is 10.9. The Labute approximate surface area is 170 Å². The summed E-state index contributed by atoms with van der Waals surface area (Å²) < 4.78 is 27.8. The van der Waals surface area contributed by atoms with Gasteiger partial charge in [-0.05, 0) is 46.3 Å². The van der Waals surface area contributed by atoms with Crippen molar-refractivity contribution < 1.29 is 13.2 Å². The molecule has 3 rings (SSSR count). The fraction of sp³-hybridized carbons (Fsp3) is 0.235. The highest BCUT2D eigenvalue weighted by Gasteiger charge is 2.30. The molecule has 138 valence electrons. The van der Waals surface area contributed by atoms with Crippen molar-refractivity contribution in [1.29, 1.82) is 0 Å². The van der Waals surface area contributed by atoms with Gasteiger partial charge in [0.1, 0.15) is 4.90 Å². The SMILES string of the molecule is O=C(/C=C/c1ccc(Br)s1)N1CCN(S(=O)(=O)c2ccccc2Cl)CC1. The number of sulfonamides is 1. The molecule has 2 heterocycles. The van der Waals surface area contributed by atoms with Crippen molar-refractivity contribution in [2.24, 2.45) is 0 Å². The summed E-state index contributed by atoms with van der Waals surface area (Å²) in [5, 5.41) is 0.205. The molecular weight excluding hydrogens is 460 g/mol. The van der Waals surface area contributed by atoms with E-state index in [9.17, 15) is 13.2 Å². The van der Waals surface area contributed by atoms with E-state index in [1.807, 2.05) is 12.1 Å². The summed E-state index contributed by atoms with van der Waals surface area (Å²) in [6.45, 7) is 1.19. The lowest BCUT2D eigenvalue weighted by Gasteiger charge is -2.33. The molecule has 0 bridgehead atoms. The van der Waals surface area contributed by atoms with E-state index in [0.717, 1.165) is 8.66 Å². The average molecular weight is 476 g/mol. The quantitative estimate of drug-likeness (QED) is 0.634. The van der Waals surface area contributed by atoms with Crippen LogP contribution >= 0.6 is 38.9 Å². The first kappa shape index (κ1) is 19.6. The zero-order valence-electron chi connectivity index (χ0n) is 13.6. The Morgan fingerprint density at radius 2 is 1.81 bits per heavy atom. The second-order valence-electron chi connectivity index (χ2n) is 5.64. The molecule has 0 unspecified atom stereocenters. The predicted octanol–water partition coefficient (Wildman–Crippen LogP) is 3.71. The molecule has 5 nitrogen and oxygen atoms in total. The van der Waals surface area contributed by atoms with Crippen LogP contribution in [0.2, 0.25) is 5.02 Å². The van der Waals surface area contributed by atoms with Crippen molar-refractivity contribution in [1.82, 2.24) is 9.21 Å². The first-order valence-corrected chi connectivity index (χ1v) is 11.3. The van der Waals surface area contributed by atoms with Crippen LogP contribution in [0, 0.1) is 0 Å². The molecule has 0 saturated carbocycles. The number of hydrogen-bond donors (Lipinski definition) is 0. The fourth-order valence-electron chi connectivity index (χ4n) is 2.62. The van der Waals surface area contributed by atoms with E-state index in [-0.39, 0.29) is 28.9 Å². The number of amides is 1. The molecule has 2 aromatic rings. The van der Waals surface area contributed by atoms with Crippen molar-refractivity contribution in [3.05, 3.63) is 56.2 Å². The van der Waals surface area contributed by atoms with Gasteiger partial charge in [-0.25, -0.2) is 8.42 Å². The lowest BCUT2D eigenvalue weighted by Crippen LogP contribution is -2.50. The first-order valence-electron chi connectivity index (χ1n) is 7.85. The van der Waals surface area contributed by atoms with Gasteiger partial charge in [0, 0.05) is 37.1 Å². The van der Waals surface area contributed by atoms with Crippen LogP contribution in [-0.2, 0) is 14.8 Å². The van der Waals surface area contributed by atoms with Gasteiger partial charge in [-0.3, -0.25) is 4.79 Å². The lowest BCUT2D eigenvalue weighted by atomic mass is 10.3. The standard InChI is InChI=1S/C17H16BrClN2O3S2/c18-16-7-5-13(25-16)6-8-17(22)20-9-11-21(12-10-20)26(23,24)15-4-2-1-3-14(15)19/h1-8H,9-12H2/b8-6+. The Morgan fingerprint density at radius 1 is 1.12 bits per heavy atom. The summed E-state index contributed by atoms with van der Waals surface area (Å²) in [7, 11) is -3.65. The molecule has 1 aliphatic heterocycles. The van der Waals surface area contributed by atoms with Gasteiger partial charge in [-0.2, -0.15) is 4.31 Å². The predicted molar refractivity (Wildman–Crippen MR) is 108 cm³/mol. The van der Waals surface area contributed by atoms with E-state index < -0.39 is 10.0 Å². The van der Waals surface area contributed by atoms with Crippen molar-refractivity contribution in [2.75, 3.05) is 26.2 Å². The molecular formula is C17H16BrClN2O3S2. The molecule has 1 amide bonds. The van der Waals surface area contributed by atoms with Crippen LogP contribution in [0.3, 0.4) is 0 Å². The minimum absolute atomic E-state index is 0.101. The number of thiophene rings is 1. The summed E-state index contributed by atoms with van der Waals surface area (Å²) in [6, 6.07) is 10.2. The third-order valence-electron chi connectivity index (χ3n) is 3.99. The van der Waals surface area contributed by atoms with Crippen LogP contribution in [-0.4, -0.2) is 49.7 Å². The number of nitrogens with zero attached hydrogens (tertiary/aromatic N) is 2. The molecule has 1 aromatic carbocycles. The monoisotopic (exact) mass is 474 g/mol. The van der Waals surface area contributed by atoms with E-state index in [2.05, 4.69) is 15.9 Å². The number of piperazine rings is 1. The number of halogens is 2. The molecule has 0 spiro atoms. The molecule has 1 fully saturated rings. The van der Waals surface area contributed by atoms with Crippen LogP contribution in [0.4, 0.5) is 0 Å². The van der Waals surface area contributed by atoms with Gasteiger partial charge in [0.05, 0.1) is 8.81 Å². The summed E-state index contributed by atoms with van der Waals surface area (Å²) in [4.78, 5) is 15.0. The van der Waals surface area contributed by atoms with Crippen molar-refractivity contribution >= 4 is 60.9 Å². The normalized spacial score (nSPS) is 16.3. The number of carbonyl (C=O) groups is 1. The van der Waals surface area contributed by atoms with Crippen LogP contribution in [0.1, 0.15) is 4.88 Å². The highest BCUT2D eigenvalue weighted by molar-refractivity contribution is 9.11. The number of carbonyl (C=O) groups excluding carboxylic acids is 1. The third kappa shape index (κ3) is 4.37. The van der Waals surface area contributed by atoms with Crippen molar-refractivity contribution in [3.8, 4) is 0 Å². The minimum Gasteiger partial charge on any atom is -0.337 e. The second-order valence-corrected chi connectivity index (χ2v) is 10.4. The number of rotatable bonds is 4. The largest absolute Gasteiger partial charge is 0.337 e. The fourth-order valence-corrected chi connectivity index (χ4v) is 5.86. The van der Waals surface area contributed by atoms with Gasteiger partial charge >= 0.3 is 0 Å². The Morgan fingerprint density at radius 3 is 2.42 bits per heavy atom. The van der Waals surface area contributed by atoms with Gasteiger partial charge in [0.2, 0.25) is 15.9 Å². The summed E-state index contributed by atoms with van der Waals surface area (Å²) in [5.74, 6) is -0.121. The van der Waals surface area contributed by atoms with Crippen LogP contribution in [0.15, 0.2) is 51.2 Å². The molecule has 26 heavy (non-hydrogen) atoms. The first-order chi connectivity index (χ1) is 12.4. The third-order valence-corrected chi connectivity index (χ3v) is 7.98. The Kier molecular flexibility index (Phi) is 6.19. The van der Waals surface area contributed by atoms with Gasteiger partial charge in [0.15, 0.2) is 0 Å². The zero-order valence-corrected chi connectivity index (χ0v) is 17.6. The van der Waals surface area contributed by atoms with E-state index in [1.165, 1.54) is 27.8 Å². The minimum atomic E-state index is -3.65. The Balaban J connectivity index is 1.63. The van der Waals surface area contributed by atoms with E-state index in [1.54, 1.807) is 29.2 Å². The summed E-state index contributed by atoms with van der Waals surface area (Å²) in [6.07, 6.45) is 3.29. The maximum absolute atomic E-state index is 12.7.